The third kappa shape index (κ3) is 5.99. The Kier molecular flexibility index (Phi) is 7.89. The molecular formula is C24H27N3O6S. The lowest BCUT2D eigenvalue weighted by molar-refractivity contribution is -0.135. The number of carbonyl (C=O) groups excluding carboxylic acids is 3. The lowest BCUT2D eigenvalue weighted by Crippen LogP contribution is -2.40. The second kappa shape index (κ2) is 11.2. The highest BCUT2D eigenvalue weighted by atomic mass is 32.2. The number of benzene rings is 1. The molecule has 10 heteroatoms. The predicted molar refractivity (Wildman–Crippen MR) is 126 cm³/mol. The van der Waals surface area contributed by atoms with Crippen LogP contribution in [-0.4, -0.2) is 59.9 Å². The molecule has 1 fully saturated rings. The molecule has 0 unspecified atom stereocenters. The standard InChI is InChI=1S/C24H27N3O6S/c1-27(17-6-3-2-4-7-17)22(29)13-31-24(30)18-8-5-11-25-23(18)34-14-21(28)26-16-9-10-19-20(12-16)33-15-32-19/h5,8-12,17H,2-4,6-7,13-15H2,1H3,(H,26,28). The van der Waals surface area contributed by atoms with Gasteiger partial charge in [-0.25, -0.2) is 9.78 Å². The predicted octanol–water partition coefficient (Wildman–Crippen LogP) is 3.49. The maximum Gasteiger partial charge on any atom is 0.341 e. The topological polar surface area (TPSA) is 107 Å². The van der Waals surface area contributed by atoms with Gasteiger partial charge in [-0.3, -0.25) is 9.59 Å². The fraction of sp³-hybridized carbons (Fsp3) is 0.417. The number of hydrogen-bond acceptors (Lipinski definition) is 8. The second-order valence-electron chi connectivity index (χ2n) is 8.13. The summed E-state index contributed by atoms with van der Waals surface area (Å²) < 4.78 is 15.9. The first-order valence-electron chi connectivity index (χ1n) is 11.2. The third-order valence-electron chi connectivity index (χ3n) is 5.83. The van der Waals surface area contributed by atoms with Crippen molar-refractivity contribution < 1.29 is 28.6 Å². The van der Waals surface area contributed by atoms with Crippen LogP contribution in [0.15, 0.2) is 41.6 Å². The van der Waals surface area contributed by atoms with Gasteiger partial charge in [0.2, 0.25) is 12.7 Å². The highest BCUT2D eigenvalue weighted by Crippen LogP contribution is 2.34. The number of nitrogens with one attached hydrogen (secondary N) is 1. The molecule has 0 atom stereocenters. The fourth-order valence-electron chi connectivity index (χ4n) is 3.95. The molecular weight excluding hydrogens is 458 g/mol. The van der Waals surface area contributed by atoms with Crippen molar-refractivity contribution in [3.8, 4) is 11.5 Å². The number of amides is 2. The van der Waals surface area contributed by atoms with Gasteiger partial charge in [0.15, 0.2) is 18.1 Å². The number of carbonyl (C=O) groups is 3. The van der Waals surface area contributed by atoms with Gasteiger partial charge < -0.3 is 24.4 Å². The molecule has 0 saturated heterocycles. The van der Waals surface area contributed by atoms with E-state index in [4.69, 9.17) is 14.2 Å². The summed E-state index contributed by atoms with van der Waals surface area (Å²) in [6, 6.07) is 8.53. The molecule has 2 amide bonds. The number of likely N-dealkylation sites (N-methyl/N-ethyl adjacent to an activating group) is 1. The van der Waals surface area contributed by atoms with Crippen molar-refractivity contribution in [1.29, 1.82) is 0 Å². The van der Waals surface area contributed by atoms with Crippen molar-refractivity contribution in [3.63, 3.8) is 0 Å². The molecule has 0 bridgehead atoms. The van der Waals surface area contributed by atoms with E-state index in [-0.39, 0.29) is 42.6 Å². The number of hydrogen-bond donors (Lipinski definition) is 1. The van der Waals surface area contributed by atoms with Gasteiger partial charge in [-0.1, -0.05) is 31.0 Å². The molecule has 2 aromatic rings. The summed E-state index contributed by atoms with van der Waals surface area (Å²) in [4.78, 5) is 43.4. The first kappa shape index (κ1) is 23.9. The summed E-state index contributed by atoms with van der Waals surface area (Å²) in [5.41, 5.74) is 0.799. The lowest BCUT2D eigenvalue weighted by atomic mass is 9.94. The van der Waals surface area contributed by atoms with E-state index in [0.717, 1.165) is 37.4 Å². The summed E-state index contributed by atoms with van der Waals surface area (Å²) in [5.74, 6) is 0.114. The van der Waals surface area contributed by atoms with E-state index < -0.39 is 5.97 Å². The molecule has 1 saturated carbocycles. The van der Waals surface area contributed by atoms with Crippen molar-refractivity contribution in [1.82, 2.24) is 9.88 Å². The maximum absolute atomic E-state index is 12.6. The van der Waals surface area contributed by atoms with Gasteiger partial charge >= 0.3 is 5.97 Å². The minimum Gasteiger partial charge on any atom is -0.454 e. The number of ether oxygens (including phenoxy) is 3. The molecule has 4 rings (SSSR count). The summed E-state index contributed by atoms with van der Waals surface area (Å²) >= 11 is 1.12. The average molecular weight is 486 g/mol. The van der Waals surface area contributed by atoms with Crippen molar-refractivity contribution in [2.45, 2.75) is 43.2 Å². The quantitative estimate of drug-likeness (QED) is 0.447. The van der Waals surface area contributed by atoms with Crippen LogP contribution in [0.5, 0.6) is 11.5 Å². The van der Waals surface area contributed by atoms with Gasteiger partial charge in [0, 0.05) is 31.0 Å². The summed E-state index contributed by atoms with van der Waals surface area (Å²) in [6.45, 7) is -0.168. The zero-order valence-corrected chi connectivity index (χ0v) is 19.8. The Labute approximate surface area is 202 Å². The fourth-order valence-corrected chi connectivity index (χ4v) is 4.73. The maximum atomic E-state index is 12.6. The van der Waals surface area contributed by atoms with E-state index in [1.807, 2.05) is 0 Å². The van der Waals surface area contributed by atoms with Crippen molar-refractivity contribution in [2.24, 2.45) is 0 Å². The minimum absolute atomic E-state index is 0.0368. The summed E-state index contributed by atoms with van der Waals surface area (Å²) in [5, 5.41) is 3.15. The van der Waals surface area contributed by atoms with E-state index in [0.29, 0.717) is 22.2 Å². The van der Waals surface area contributed by atoms with Gasteiger partial charge in [0.05, 0.1) is 11.3 Å². The molecule has 180 valence electrons. The average Bonchev–Trinajstić information content (AvgIpc) is 3.34. The van der Waals surface area contributed by atoms with E-state index >= 15 is 0 Å². The van der Waals surface area contributed by atoms with Gasteiger partial charge in [-0.15, -0.1) is 0 Å². The number of anilines is 1. The zero-order valence-electron chi connectivity index (χ0n) is 19.0. The summed E-state index contributed by atoms with van der Waals surface area (Å²) in [6.07, 6.45) is 6.92. The second-order valence-corrected chi connectivity index (χ2v) is 9.10. The van der Waals surface area contributed by atoms with Crippen molar-refractivity contribution in [3.05, 3.63) is 42.1 Å². The Morgan fingerprint density at radius 3 is 2.76 bits per heavy atom. The molecule has 2 aliphatic rings. The Morgan fingerprint density at radius 2 is 1.94 bits per heavy atom. The number of rotatable bonds is 8. The van der Waals surface area contributed by atoms with Crippen LogP contribution in [0.3, 0.4) is 0 Å². The van der Waals surface area contributed by atoms with Crippen LogP contribution in [0, 0.1) is 0 Å². The van der Waals surface area contributed by atoms with Gasteiger partial charge in [-0.2, -0.15) is 0 Å². The van der Waals surface area contributed by atoms with Crippen molar-refractivity contribution >= 4 is 35.2 Å². The molecule has 1 aromatic carbocycles. The number of aromatic nitrogens is 1. The molecule has 0 spiro atoms. The smallest absolute Gasteiger partial charge is 0.341 e. The molecule has 1 aliphatic carbocycles. The Morgan fingerprint density at radius 1 is 1.15 bits per heavy atom. The van der Waals surface area contributed by atoms with E-state index in [9.17, 15) is 14.4 Å². The monoisotopic (exact) mass is 485 g/mol. The van der Waals surface area contributed by atoms with Gasteiger partial charge in [-0.05, 0) is 37.1 Å². The third-order valence-corrected chi connectivity index (χ3v) is 6.84. The largest absolute Gasteiger partial charge is 0.454 e. The minimum atomic E-state index is -0.642. The Bertz CT molecular complexity index is 1060. The Balaban J connectivity index is 1.29. The first-order valence-corrected chi connectivity index (χ1v) is 12.2. The number of thioether (sulfide) groups is 1. The lowest BCUT2D eigenvalue weighted by Gasteiger charge is -2.31. The van der Waals surface area contributed by atoms with Crippen LogP contribution in [0.1, 0.15) is 42.5 Å². The van der Waals surface area contributed by atoms with E-state index in [2.05, 4.69) is 10.3 Å². The van der Waals surface area contributed by atoms with Crippen LogP contribution in [0.2, 0.25) is 0 Å². The Hall–Kier alpha value is -3.27. The molecule has 2 heterocycles. The molecule has 34 heavy (non-hydrogen) atoms. The highest BCUT2D eigenvalue weighted by molar-refractivity contribution is 8.00. The van der Waals surface area contributed by atoms with Crippen molar-refractivity contribution in [2.75, 3.05) is 31.5 Å². The zero-order chi connectivity index (χ0) is 23.9. The SMILES string of the molecule is CN(C(=O)COC(=O)c1cccnc1SCC(=O)Nc1ccc2c(c1)OCO2)C1CCCCC1. The summed E-state index contributed by atoms with van der Waals surface area (Å²) in [7, 11) is 1.76. The van der Waals surface area contributed by atoms with E-state index in [1.54, 1.807) is 42.3 Å². The van der Waals surface area contributed by atoms with Crippen LogP contribution < -0.4 is 14.8 Å². The molecule has 0 radical (unpaired) electrons. The number of esters is 1. The molecule has 1 aliphatic heterocycles. The van der Waals surface area contributed by atoms with Crippen LogP contribution in [0.25, 0.3) is 0 Å². The molecule has 1 N–H and O–H groups in total. The normalized spacial score (nSPS) is 15.0. The van der Waals surface area contributed by atoms with Gasteiger partial charge in [0.1, 0.15) is 5.03 Å². The van der Waals surface area contributed by atoms with Crippen LogP contribution >= 0.6 is 11.8 Å². The first-order chi connectivity index (χ1) is 16.5. The van der Waals surface area contributed by atoms with E-state index in [1.165, 1.54) is 12.6 Å². The van der Waals surface area contributed by atoms with Gasteiger partial charge in [0.25, 0.3) is 5.91 Å². The van der Waals surface area contributed by atoms with Crippen LogP contribution in [0.4, 0.5) is 5.69 Å². The van der Waals surface area contributed by atoms with Crippen LogP contribution in [-0.2, 0) is 14.3 Å². The number of fused-ring (bicyclic) bond motifs is 1. The molecule has 1 aromatic heterocycles. The number of nitrogens with zero attached hydrogens (tertiary/aromatic N) is 2. The molecule has 9 nitrogen and oxygen atoms in total. The number of pyridine rings is 1. The highest BCUT2D eigenvalue weighted by Gasteiger charge is 2.24.